The van der Waals surface area contributed by atoms with Gasteiger partial charge >= 0.3 is 6.09 Å². The number of carbonyl (C=O) groups is 1. The third kappa shape index (κ3) is 4.30. The summed E-state index contributed by atoms with van der Waals surface area (Å²) in [6.07, 6.45) is 3.08. The van der Waals surface area contributed by atoms with E-state index in [-0.39, 0.29) is 23.6 Å². The Morgan fingerprint density at radius 3 is 2.64 bits per heavy atom. The van der Waals surface area contributed by atoms with Gasteiger partial charge in [0.05, 0.1) is 17.5 Å². The van der Waals surface area contributed by atoms with Crippen molar-refractivity contribution in [2.45, 2.75) is 45.0 Å². The van der Waals surface area contributed by atoms with Crippen molar-refractivity contribution in [2.24, 2.45) is 0 Å². The summed E-state index contributed by atoms with van der Waals surface area (Å²) in [4.78, 5) is 20.4. The summed E-state index contributed by atoms with van der Waals surface area (Å²) >= 11 is 0. The van der Waals surface area contributed by atoms with Crippen LogP contribution in [0.15, 0.2) is 24.5 Å². The molecule has 8 heteroatoms. The van der Waals surface area contributed by atoms with Crippen molar-refractivity contribution in [3.05, 3.63) is 30.1 Å². The van der Waals surface area contributed by atoms with Crippen molar-refractivity contribution in [2.75, 3.05) is 24.6 Å². The number of fused-ring (bicyclic) bond motifs is 1. The maximum absolute atomic E-state index is 12.5. The highest BCUT2D eigenvalue weighted by Crippen LogP contribution is 2.29. The van der Waals surface area contributed by atoms with Crippen LogP contribution in [0.25, 0.3) is 0 Å². The quantitative estimate of drug-likeness (QED) is 0.784. The third-order valence-electron chi connectivity index (χ3n) is 4.53. The SMILES string of the molecule is CC(C)(C)OC(=O)N1CCN(Cc2cccnc2)[C@@H]2CS(=O)(=O)C[C@@H]21. The molecule has 2 aliphatic rings. The molecule has 0 aliphatic carbocycles. The molecule has 0 spiro atoms. The Labute approximate surface area is 148 Å². The van der Waals surface area contributed by atoms with Gasteiger partial charge < -0.3 is 9.64 Å². The van der Waals surface area contributed by atoms with Crippen molar-refractivity contribution >= 4 is 15.9 Å². The molecule has 0 N–H and O–H groups in total. The van der Waals surface area contributed by atoms with Gasteiger partial charge in [-0.25, -0.2) is 13.2 Å². The van der Waals surface area contributed by atoms with E-state index < -0.39 is 21.5 Å². The summed E-state index contributed by atoms with van der Waals surface area (Å²) < 4.78 is 29.9. The number of hydrogen-bond donors (Lipinski definition) is 0. The molecule has 3 rings (SSSR count). The Kier molecular flexibility index (Phi) is 4.76. The highest BCUT2D eigenvalue weighted by Gasteiger charge is 2.48. The van der Waals surface area contributed by atoms with E-state index in [0.29, 0.717) is 19.6 Å². The van der Waals surface area contributed by atoms with Crippen LogP contribution in [0.1, 0.15) is 26.3 Å². The smallest absolute Gasteiger partial charge is 0.410 e. The molecule has 7 nitrogen and oxygen atoms in total. The van der Waals surface area contributed by atoms with E-state index in [1.165, 1.54) is 0 Å². The topological polar surface area (TPSA) is 79.8 Å². The fraction of sp³-hybridized carbons (Fsp3) is 0.647. The third-order valence-corrected chi connectivity index (χ3v) is 6.23. The Hall–Kier alpha value is -1.67. The molecule has 1 amide bonds. The number of pyridine rings is 1. The van der Waals surface area contributed by atoms with Crippen molar-refractivity contribution in [1.29, 1.82) is 0 Å². The van der Waals surface area contributed by atoms with Crippen LogP contribution in [0.2, 0.25) is 0 Å². The molecule has 0 radical (unpaired) electrons. The molecule has 0 unspecified atom stereocenters. The normalized spacial score (nSPS) is 26.3. The zero-order valence-corrected chi connectivity index (χ0v) is 15.7. The second-order valence-electron chi connectivity index (χ2n) is 7.72. The molecule has 0 saturated carbocycles. The van der Waals surface area contributed by atoms with E-state index in [4.69, 9.17) is 4.74 Å². The Morgan fingerprint density at radius 1 is 1.28 bits per heavy atom. The Balaban J connectivity index is 1.79. The van der Waals surface area contributed by atoms with Gasteiger partial charge in [0.15, 0.2) is 9.84 Å². The van der Waals surface area contributed by atoms with Crippen LogP contribution < -0.4 is 0 Å². The molecule has 138 valence electrons. The number of hydrogen-bond acceptors (Lipinski definition) is 6. The number of aromatic nitrogens is 1. The van der Waals surface area contributed by atoms with Crippen molar-refractivity contribution in [1.82, 2.24) is 14.8 Å². The zero-order valence-electron chi connectivity index (χ0n) is 14.9. The number of sulfone groups is 1. The lowest BCUT2D eigenvalue weighted by Crippen LogP contribution is -2.60. The zero-order chi connectivity index (χ0) is 18.2. The fourth-order valence-electron chi connectivity index (χ4n) is 3.49. The van der Waals surface area contributed by atoms with E-state index in [1.54, 1.807) is 17.3 Å². The number of ether oxygens (including phenoxy) is 1. The highest BCUT2D eigenvalue weighted by atomic mass is 32.2. The standard InChI is InChI=1S/C17H25N3O4S/c1-17(2,3)24-16(21)20-8-7-19(10-13-5-4-6-18-9-13)14-11-25(22,23)12-15(14)20/h4-6,9,14-15H,7-8,10-12H2,1-3H3/t14-,15+/m1/s1. The second kappa shape index (κ2) is 6.57. The summed E-state index contributed by atoms with van der Waals surface area (Å²) in [5.41, 5.74) is 0.438. The molecule has 1 aromatic heterocycles. The fourth-order valence-corrected chi connectivity index (χ4v) is 5.51. The first-order valence-corrected chi connectivity index (χ1v) is 10.3. The lowest BCUT2D eigenvalue weighted by atomic mass is 10.0. The predicted octanol–water partition coefficient (Wildman–Crippen LogP) is 1.30. The molecule has 2 atom stereocenters. The van der Waals surface area contributed by atoms with Gasteiger partial charge in [-0.3, -0.25) is 9.88 Å². The van der Waals surface area contributed by atoms with Gasteiger partial charge in [0.2, 0.25) is 0 Å². The monoisotopic (exact) mass is 367 g/mol. The van der Waals surface area contributed by atoms with Gasteiger partial charge in [0.1, 0.15) is 5.60 Å². The van der Waals surface area contributed by atoms with E-state index in [2.05, 4.69) is 9.88 Å². The molecule has 0 bridgehead atoms. The summed E-state index contributed by atoms with van der Waals surface area (Å²) in [6.45, 7) is 7.15. The van der Waals surface area contributed by atoms with Crippen LogP contribution in [-0.2, 0) is 21.1 Å². The molecule has 2 saturated heterocycles. The molecule has 3 heterocycles. The molecule has 1 aromatic rings. The van der Waals surface area contributed by atoms with Gasteiger partial charge in [0, 0.05) is 38.1 Å². The average Bonchev–Trinajstić information content (AvgIpc) is 2.82. The van der Waals surface area contributed by atoms with Crippen molar-refractivity contribution in [3.63, 3.8) is 0 Å². The maximum Gasteiger partial charge on any atom is 0.410 e. The number of nitrogens with zero attached hydrogens (tertiary/aromatic N) is 3. The second-order valence-corrected chi connectivity index (χ2v) is 9.87. The number of amides is 1. The van der Waals surface area contributed by atoms with Gasteiger partial charge in [-0.2, -0.15) is 0 Å². The first-order valence-electron chi connectivity index (χ1n) is 8.48. The lowest BCUT2D eigenvalue weighted by molar-refractivity contribution is -0.0105. The summed E-state index contributed by atoms with van der Waals surface area (Å²) in [7, 11) is -3.17. The minimum absolute atomic E-state index is 0.000446. The average molecular weight is 367 g/mol. The van der Waals surface area contributed by atoms with Crippen LogP contribution in [0, 0.1) is 0 Å². The van der Waals surface area contributed by atoms with Gasteiger partial charge in [0.25, 0.3) is 0 Å². The minimum Gasteiger partial charge on any atom is -0.444 e. The van der Waals surface area contributed by atoms with Crippen LogP contribution in [0.4, 0.5) is 4.79 Å². The van der Waals surface area contributed by atoms with Gasteiger partial charge in [-0.1, -0.05) is 6.07 Å². The first-order chi connectivity index (χ1) is 11.6. The summed E-state index contributed by atoms with van der Waals surface area (Å²) in [5.74, 6) is 0.0810. The van der Waals surface area contributed by atoms with E-state index in [0.717, 1.165) is 5.56 Å². The van der Waals surface area contributed by atoms with Crippen LogP contribution >= 0.6 is 0 Å². The van der Waals surface area contributed by atoms with Gasteiger partial charge in [-0.05, 0) is 32.4 Å². The molecule has 2 aliphatic heterocycles. The largest absolute Gasteiger partial charge is 0.444 e. The van der Waals surface area contributed by atoms with Crippen molar-refractivity contribution in [3.8, 4) is 0 Å². The molecule has 25 heavy (non-hydrogen) atoms. The molecular formula is C17H25N3O4S. The summed E-state index contributed by atoms with van der Waals surface area (Å²) in [5, 5.41) is 0. The first kappa shape index (κ1) is 18.1. The summed E-state index contributed by atoms with van der Waals surface area (Å²) in [6, 6.07) is 3.29. The van der Waals surface area contributed by atoms with Crippen LogP contribution in [-0.4, -0.2) is 71.6 Å². The molecular weight excluding hydrogens is 342 g/mol. The number of carbonyl (C=O) groups excluding carboxylic acids is 1. The number of rotatable bonds is 2. The van der Waals surface area contributed by atoms with E-state index >= 15 is 0 Å². The number of piperazine rings is 1. The van der Waals surface area contributed by atoms with Crippen LogP contribution in [0.5, 0.6) is 0 Å². The Morgan fingerprint density at radius 2 is 2.00 bits per heavy atom. The van der Waals surface area contributed by atoms with Crippen LogP contribution in [0.3, 0.4) is 0 Å². The maximum atomic E-state index is 12.5. The molecule has 0 aromatic carbocycles. The van der Waals surface area contributed by atoms with E-state index in [9.17, 15) is 13.2 Å². The van der Waals surface area contributed by atoms with E-state index in [1.807, 2.05) is 32.9 Å². The molecule has 2 fully saturated rings. The highest BCUT2D eigenvalue weighted by molar-refractivity contribution is 7.91. The van der Waals surface area contributed by atoms with Gasteiger partial charge in [-0.15, -0.1) is 0 Å². The van der Waals surface area contributed by atoms with Crippen molar-refractivity contribution < 1.29 is 17.9 Å². The predicted molar refractivity (Wildman–Crippen MR) is 93.8 cm³/mol. The minimum atomic E-state index is -3.17. The lowest BCUT2D eigenvalue weighted by Gasteiger charge is -2.43. The Bertz CT molecular complexity index is 730.